The summed E-state index contributed by atoms with van der Waals surface area (Å²) in [4.78, 5) is 0. The average molecular weight is 212 g/mol. The van der Waals surface area contributed by atoms with Crippen LogP contribution in [0.4, 0.5) is 0 Å². The number of hydrogen-bond acceptors (Lipinski definition) is 3. The predicted octanol–water partition coefficient (Wildman–Crippen LogP) is 1.45. The lowest BCUT2D eigenvalue weighted by atomic mass is 11.8. The molecule has 0 saturated carbocycles. The number of rotatable bonds is 1. The lowest BCUT2D eigenvalue weighted by Crippen LogP contribution is -2.19. The highest BCUT2D eigenvalue weighted by Gasteiger charge is 2.38. The van der Waals surface area contributed by atoms with Crippen molar-refractivity contribution in [1.29, 1.82) is 0 Å². The van der Waals surface area contributed by atoms with Crippen LogP contribution in [0.2, 0.25) is 0 Å². The van der Waals surface area contributed by atoms with Crippen LogP contribution < -0.4 is 0 Å². The molecule has 0 aliphatic rings. The molecule has 7 heteroatoms. The molecular formula is C2H2Cl3O3S. The normalized spacial score (nSPS) is 13.8. The second-order valence-electron chi connectivity index (χ2n) is 1.02. The van der Waals surface area contributed by atoms with Crippen LogP contribution >= 0.6 is 34.8 Å². The van der Waals surface area contributed by atoms with Gasteiger partial charge in [-0.2, -0.15) is 8.42 Å². The first kappa shape index (κ1) is 9.78. The highest BCUT2D eigenvalue weighted by atomic mass is 35.6. The van der Waals surface area contributed by atoms with Crippen LogP contribution in [0.1, 0.15) is 0 Å². The molecule has 0 aromatic rings. The third kappa shape index (κ3) is 2.47. The molecule has 0 aliphatic heterocycles. The first-order chi connectivity index (χ1) is 3.81. The van der Waals surface area contributed by atoms with E-state index in [0.29, 0.717) is 0 Å². The summed E-state index contributed by atoms with van der Waals surface area (Å²) in [5, 5.41) is 0. The summed E-state index contributed by atoms with van der Waals surface area (Å²) < 4.78 is 21.9. The lowest BCUT2D eigenvalue weighted by Gasteiger charge is -2.07. The zero-order chi connectivity index (χ0) is 7.71. The molecule has 0 rings (SSSR count). The van der Waals surface area contributed by atoms with Crippen molar-refractivity contribution >= 4 is 44.9 Å². The molecule has 9 heavy (non-hydrogen) atoms. The highest BCUT2D eigenvalue weighted by Crippen LogP contribution is 2.33. The molecule has 55 valence electrons. The van der Waals surface area contributed by atoms with Crippen LogP contribution in [0.3, 0.4) is 0 Å². The van der Waals surface area contributed by atoms with Crippen LogP contribution in [0.5, 0.6) is 0 Å². The summed E-state index contributed by atoms with van der Waals surface area (Å²) in [6.07, 6.45) is 0. The molecule has 1 radical (unpaired) electrons. The van der Waals surface area contributed by atoms with E-state index in [1.165, 1.54) is 0 Å². The monoisotopic (exact) mass is 211 g/mol. The first-order valence-corrected chi connectivity index (χ1v) is 4.10. The van der Waals surface area contributed by atoms with Gasteiger partial charge in [-0.25, -0.2) is 0 Å². The Kier molecular flexibility index (Phi) is 3.04. The van der Waals surface area contributed by atoms with E-state index >= 15 is 0 Å². The maximum atomic E-state index is 10.3. The molecule has 0 saturated heterocycles. The number of halogens is 3. The molecular weight excluding hydrogens is 210 g/mol. The Bertz CT molecular complexity index is 178. The zero-order valence-electron chi connectivity index (χ0n) is 3.97. The fourth-order valence-electron chi connectivity index (χ4n) is 0.0668. The zero-order valence-corrected chi connectivity index (χ0v) is 7.06. The summed E-state index contributed by atoms with van der Waals surface area (Å²) in [6, 6.07) is 0. The predicted molar refractivity (Wildman–Crippen MR) is 35.7 cm³/mol. The maximum Gasteiger partial charge on any atom is 0.317 e. The highest BCUT2D eigenvalue weighted by molar-refractivity contribution is 7.92. The number of hydrogen-bond donors (Lipinski definition) is 0. The Morgan fingerprint density at radius 1 is 1.33 bits per heavy atom. The second-order valence-corrected chi connectivity index (χ2v) is 5.73. The number of alkyl halides is 3. The third-order valence-corrected chi connectivity index (χ3v) is 3.02. The minimum atomic E-state index is -4.15. The van der Waals surface area contributed by atoms with Crippen molar-refractivity contribution in [2.75, 3.05) is 0 Å². The molecule has 3 nitrogen and oxygen atoms in total. The van der Waals surface area contributed by atoms with Crippen LogP contribution in [-0.4, -0.2) is 11.5 Å². The Labute approximate surface area is 68.0 Å². The van der Waals surface area contributed by atoms with Crippen molar-refractivity contribution in [2.45, 2.75) is 3.12 Å². The Balaban J connectivity index is 4.57. The summed E-state index contributed by atoms with van der Waals surface area (Å²) in [7, 11) is -1.57. The molecule has 0 N–H and O–H groups in total. The van der Waals surface area contributed by atoms with Crippen molar-refractivity contribution in [1.82, 2.24) is 0 Å². The van der Waals surface area contributed by atoms with Crippen molar-refractivity contribution < 1.29 is 12.6 Å². The van der Waals surface area contributed by atoms with Gasteiger partial charge in [-0.15, -0.1) is 0 Å². The molecule has 0 bridgehead atoms. The molecule has 0 spiro atoms. The summed E-state index contributed by atoms with van der Waals surface area (Å²) >= 11 is 14.7. The topological polar surface area (TPSA) is 43.4 Å². The minimum absolute atomic E-state index is 2.45. The van der Waals surface area contributed by atoms with Gasteiger partial charge in [-0.1, -0.05) is 34.8 Å². The van der Waals surface area contributed by atoms with Gasteiger partial charge >= 0.3 is 13.2 Å². The third-order valence-electron chi connectivity index (χ3n) is 0.439. The van der Waals surface area contributed by atoms with Crippen LogP contribution in [0.15, 0.2) is 0 Å². The van der Waals surface area contributed by atoms with Crippen molar-refractivity contribution in [3.05, 3.63) is 7.11 Å². The van der Waals surface area contributed by atoms with Gasteiger partial charge in [0.2, 0.25) is 0 Å². The molecule has 0 fully saturated rings. The molecule has 0 aromatic heterocycles. The summed E-state index contributed by atoms with van der Waals surface area (Å²) in [5.74, 6) is 0. The molecule has 0 atom stereocenters. The first-order valence-electron chi connectivity index (χ1n) is 1.56. The van der Waals surface area contributed by atoms with Crippen molar-refractivity contribution in [2.24, 2.45) is 0 Å². The van der Waals surface area contributed by atoms with Gasteiger partial charge in [-0.05, 0) is 0 Å². The smallest absolute Gasteiger partial charge is 0.264 e. The molecule has 0 aromatic carbocycles. The SMILES string of the molecule is [CH2]OS(=O)(=O)C(Cl)(Cl)Cl. The van der Waals surface area contributed by atoms with Gasteiger partial charge < -0.3 is 0 Å². The molecule has 0 aliphatic carbocycles. The van der Waals surface area contributed by atoms with Crippen LogP contribution in [-0.2, 0) is 14.3 Å². The maximum absolute atomic E-state index is 10.3. The standard InChI is InChI=1S/C2H2Cl3O3S/c1-8-9(6,7)2(3,4)5/h1H2. The van der Waals surface area contributed by atoms with Gasteiger partial charge in [-0.3, -0.25) is 4.18 Å². The Morgan fingerprint density at radius 3 is 1.67 bits per heavy atom. The van der Waals surface area contributed by atoms with Gasteiger partial charge in [0.25, 0.3) is 0 Å². The largest absolute Gasteiger partial charge is 0.317 e. The van der Waals surface area contributed by atoms with Gasteiger partial charge in [0.05, 0.1) is 7.11 Å². The molecule has 0 unspecified atom stereocenters. The van der Waals surface area contributed by atoms with Crippen molar-refractivity contribution in [3.63, 3.8) is 0 Å². The van der Waals surface area contributed by atoms with E-state index in [0.717, 1.165) is 0 Å². The van der Waals surface area contributed by atoms with E-state index in [1.807, 2.05) is 0 Å². The van der Waals surface area contributed by atoms with E-state index in [-0.39, 0.29) is 0 Å². The van der Waals surface area contributed by atoms with Crippen LogP contribution in [0, 0.1) is 7.11 Å². The molecule has 0 heterocycles. The van der Waals surface area contributed by atoms with E-state index in [2.05, 4.69) is 11.3 Å². The lowest BCUT2D eigenvalue weighted by molar-refractivity contribution is 0.438. The average Bonchev–Trinajstić information content (AvgIpc) is 1.64. The van der Waals surface area contributed by atoms with Crippen molar-refractivity contribution in [3.8, 4) is 0 Å². The Hall–Kier alpha value is 0.780. The van der Waals surface area contributed by atoms with E-state index in [1.54, 1.807) is 0 Å². The van der Waals surface area contributed by atoms with E-state index in [4.69, 9.17) is 34.8 Å². The fraction of sp³-hybridized carbons (Fsp3) is 0.500. The summed E-state index contributed by atoms with van der Waals surface area (Å²) in [5.41, 5.74) is 0. The Morgan fingerprint density at radius 2 is 1.67 bits per heavy atom. The van der Waals surface area contributed by atoms with Gasteiger partial charge in [0.1, 0.15) is 0 Å². The van der Waals surface area contributed by atoms with E-state index in [9.17, 15) is 8.42 Å². The fourth-order valence-corrected chi connectivity index (χ4v) is 0.601. The van der Waals surface area contributed by atoms with Gasteiger partial charge in [0.15, 0.2) is 0 Å². The second kappa shape index (κ2) is 2.80. The quantitative estimate of drug-likeness (QED) is 0.488. The minimum Gasteiger partial charge on any atom is -0.264 e. The summed E-state index contributed by atoms with van der Waals surface area (Å²) in [6.45, 7) is 0. The van der Waals surface area contributed by atoms with Gasteiger partial charge in [0, 0.05) is 0 Å². The molecule has 0 amide bonds. The van der Waals surface area contributed by atoms with Crippen LogP contribution in [0.25, 0.3) is 0 Å². The van der Waals surface area contributed by atoms with E-state index < -0.39 is 13.2 Å².